The van der Waals surface area contributed by atoms with E-state index < -0.39 is 0 Å². The Morgan fingerprint density at radius 2 is 2.07 bits per heavy atom. The van der Waals surface area contributed by atoms with Gasteiger partial charge in [-0.3, -0.25) is 0 Å². The molecule has 1 aromatic heterocycles. The standard InChI is InChI=1S/C10H16ClN3S/c1-7-13-14-10(15-7)12-9-4-2-8(6-11)3-5-9/h8-9H,2-6H2,1H3,(H,12,14). The normalized spacial score (nSPS) is 26.5. The maximum atomic E-state index is 5.85. The lowest BCUT2D eigenvalue weighted by molar-refractivity contribution is 0.364. The van der Waals surface area contributed by atoms with Crippen LogP contribution in [-0.2, 0) is 0 Å². The zero-order valence-corrected chi connectivity index (χ0v) is 10.4. The first-order chi connectivity index (χ1) is 7.28. The molecule has 0 aromatic carbocycles. The van der Waals surface area contributed by atoms with Gasteiger partial charge in [-0.1, -0.05) is 11.3 Å². The third-order valence-electron chi connectivity index (χ3n) is 2.92. The second-order valence-electron chi connectivity index (χ2n) is 4.14. The summed E-state index contributed by atoms with van der Waals surface area (Å²) in [5.41, 5.74) is 0. The molecule has 2 rings (SSSR count). The van der Waals surface area contributed by atoms with Gasteiger partial charge < -0.3 is 5.32 Å². The van der Waals surface area contributed by atoms with Crippen molar-refractivity contribution < 1.29 is 0 Å². The van der Waals surface area contributed by atoms with Crippen LogP contribution < -0.4 is 5.32 Å². The molecule has 0 atom stereocenters. The van der Waals surface area contributed by atoms with Gasteiger partial charge >= 0.3 is 0 Å². The largest absolute Gasteiger partial charge is 0.357 e. The number of halogens is 1. The minimum Gasteiger partial charge on any atom is -0.357 e. The van der Waals surface area contributed by atoms with Crippen LogP contribution in [0, 0.1) is 12.8 Å². The molecule has 0 radical (unpaired) electrons. The van der Waals surface area contributed by atoms with E-state index in [9.17, 15) is 0 Å². The third kappa shape index (κ3) is 3.05. The number of aryl methyl sites for hydroxylation is 1. The van der Waals surface area contributed by atoms with Crippen LogP contribution >= 0.6 is 22.9 Å². The lowest BCUT2D eigenvalue weighted by atomic mass is 9.87. The number of hydrogen-bond acceptors (Lipinski definition) is 4. The van der Waals surface area contributed by atoms with Crippen LogP contribution in [0.4, 0.5) is 5.13 Å². The van der Waals surface area contributed by atoms with Gasteiger partial charge in [-0.05, 0) is 38.5 Å². The summed E-state index contributed by atoms with van der Waals surface area (Å²) in [6, 6.07) is 0.566. The Morgan fingerprint density at radius 1 is 1.33 bits per heavy atom. The molecule has 1 heterocycles. The molecule has 5 heteroatoms. The van der Waals surface area contributed by atoms with Crippen LogP contribution in [0.25, 0.3) is 0 Å². The highest BCUT2D eigenvalue weighted by atomic mass is 35.5. The lowest BCUT2D eigenvalue weighted by Gasteiger charge is -2.27. The Morgan fingerprint density at radius 3 is 2.60 bits per heavy atom. The van der Waals surface area contributed by atoms with Crippen LogP contribution in [0.1, 0.15) is 30.7 Å². The maximum absolute atomic E-state index is 5.85. The van der Waals surface area contributed by atoms with Crippen molar-refractivity contribution in [1.82, 2.24) is 10.2 Å². The first-order valence-electron chi connectivity index (χ1n) is 5.40. The zero-order chi connectivity index (χ0) is 10.7. The zero-order valence-electron chi connectivity index (χ0n) is 8.87. The van der Waals surface area contributed by atoms with Crippen LogP contribution in [-0.4, -0.2) is 22.1 Å². The minimum absolute atomic E-state index is 0.566. The van der Waals surface area contributed by atoms with E-state index in [0.29, 0.717) is 6.04 Å². The molecule has 0 bridgehead atoms. The molecule has 0 saturated heterocycles. The van der Waals surface area contributed by atoms with Gasteiger partial charge in [0, 0.05) is 11.9 Å². The van der Waals surface area contributed by atoms with E-state index in [1.54, 1.807) is 11.3 Å². The van der Waals surface area contributed by atoms with Gasteiger partial charge in [-0.25, -0.2) is 0 Å². The molecule has 1 aliphatic carbocycles. The summed E-state index contributed by atoms with van der Waals surface area (Å²) in [4.78, 5) is 0. The second kappa shape index (κ2) is 5.12. The molecular formula is C10H16ClN3S. The number of alkyl halides is 1. The van der Waals surface area contributed by atoms with Gasteiger partial charge in [-0.2, -0.15) is 0 Å². The molecular weight excluding hydrogens is 230 g/mol. The molecule has 84 valence electrons. The Bertz CT molecular complexity index is 307. The van der Waals surface area contributed by atoms with Crippen LogP contribution in [0.15, 0.2) is 0 Å². The quantitative estimate of drug-likeness (QED) is 0.832. The van der Waals surface area contributed by atoms with Gasteiger partial charge in [0.15, 0.2) is 0 Å². The number of anilines is 1. The first-order valence-corrected chi connectivity index (χ1v) is 6.75. The monoisotopic (exact) mass is 245 g/mol. The van der Waals surface area contributed by atoms with Gasteiger partial charge in [0.1, 0.15) is 5.01 Å². The van der Waals surface area contributed by atoms with Crippen LogP contribution in [0.5, 0.6) is 0 Å². The number of nitrogens with zero attached hydrogens (tertiary/aromatic N) is 2. The summed E-state index contributed by atoms with van der Waals surface area (Å²) in [5, 5.41) is 13.5. The Hall–Kier alpha value is -0.350. The molecule has 1 fully saturated rings. The number of aromatic nitrogens is 2. The van der Waals surface area contributed by atoms with E-state index in [2.05, 4.69) is 15.5 Å². The highest BCUT2D eigenvalue weighted by molar-refractivity contribution is 7.15. The van der Waals surface area contributed by atoms with Crippen molar-refractivity contribution in [2.75, 3.05) is 11.2 Å². The lowest BCUT2D eigenvalue weighted by Crippen LogP contribution is -2.26. The van der Waals surface area contributed by atoms with Gasteiger partial charge in [0.25, 0.3) is 0 Å². The SMILES string of the molecule is Cc1nnc(NC2CCC(CCl)CC2)s1. The second-order valence-corrected chi connectivity index (χ2v) is 5.63. The summed E-state index contributed by atoms with van der Waals surface area (Å²) in [6.45, 7) is 1.98. The number of nitrogens with one attached hydrogen (secondary N) is 1. The number of rotatable bonds is 3. The van der Waals surface area contributed by atoms with E-state index in [-0.39, 0.29) is 0 Å². The van der Waals surface area contributed by atoms with E-state index in [4.69, 9.17) is 11.6 Å². The van der Waals surface area contributed by atoms with Crippen molar-refractivity contribution in [3.8, 4) is 0 Å². The summed E-state index contributed by atoms with van der Waals surface area (Å²) >= 11 is 7.48. The summed E-state index contributed by atoms with van der Waals surface area (Å²) < 4.78 is 0. The number of hydrogen-bond donors (Lipinski definition) is 1. The van der Waals surface area contributed by atoms with E-state index in [0.717, 1.165) is 21.9 Å². The molecule has 0 aliphatic heterocycles. The van der Waals surface area contributed by atoms with Gasteiger partial charge in [0.2, 0.25) is 5.13 Å². The molecule has 1 aliphatic rings. The third-order valence-corrected chi connectivity index (χ3v) is 4.12. The predicted octanol–water partition coefficient (Wildman–Crippen LogP) is 3.06. The van der Waals surface area contributed by atoms with E-state index >= 15 is 0 Å². The predicted molar refractivity (Wildman–Crippen MR) is 64.7 cm³/mol. The van der Waals surface area contributed by atoms with Crippen molar-refractivity contribution in [3.63, 3.8) is 0 Å². The van der Waals surface area contributed by atoms with Crippen molar-refractivity contribution in [2.45, 2.75) is 38.6 Å². The Balaban J connectivity index is 1.82. The fourth-order valence-corrected chi connectivity index (χ4v) is 2.97. The molecule has 0 amide bonds. The average molecular weight is 246 g/mol. The van der Waals surface area contributed by atoms with Crippen molar-refractivity contribution in [2.24, 2.45) is 5.92 Å². The maximum Gasteiger partial charge on any atom is 0.205 e. The molecule has 1 N–H and O–H groups in total. The van der Waals surface area contributed by atoms with Crippen molar-refractivity contribution in [3.05, 3.63) is 5.01 Å². The minimum atomic E-state index is 0.566. The van der Waals surface area contributed by atoms with Gasteiger partial charge in [-0.15, -0.1) is 21.8 Å². The fourth-order valence-electron chi connectivity index (χ4n) is 1.99. The van der Waals surface area contributed by atoms with Crippen LogP contribution in [0.2, 0.25) is 0 Å². The summed E-state index contributed by atoms with van der Waals surface area (Å²) in [5.74, 6) is 1.53. The van der Waals surface area contributed by atoms with Crippen molar-refractivity contribution in [1.29, 1.82) is 0 Å². The highest BCUT2D eigenvalue weighted by Crippen LogP contribution is 2.27. The molecule has 0 unspecified atom stereocenters. The van der Waals surface area contributed by atoms with E-state index in [1.165, 1.54) is 25.7 Å². The molecule has 3 nitrogen and oxygen atoms in total. The molecule has 1 aromatic rings. The molecule has 15 heavy (non-hydrogen) atoms. The molecule has 0 spiro atoms. The molecule has 1 saturated carbocycles. The average Bonchev–Trinajstić information content (AvgIpc) is 2.65. The van der Waals surface area contributed by atoms with Crippen LogP contribution in [0.3, 0.4) is 0 Å². The summed E-state index contributed by atoms with van der Waals surface area (Å²) in [7, 11) is 0. The first kappa shape index (κ1) is 11.1. The van der Waals surface area contributed by atoms with E-state index in [1.807, 2.05) is 6.92 Å². The Labute approximate surface area is 99.2 Å². The topological polar surface area (TPSA) is 37.8 Å². The smallest absolute Gasteiger partial charge is 0.205 e. The Kier molecular flexibility index (Phi) is 3.81. The summed E-state index contributed by atoms with van der Waals surface area (Å²) in [6.07, 6.45) is 4.88. The van der Waals surface area contributed by atoms with Crippen molar-refractivity contribution >= 4 is 28.1 Å². The fraction of sp³-hybridized carbons (Fsp3) is 0.800. The van der Waals surface area contributed by atoms with Gasteiger partial charge in [0.05, 0.1) is 0 Å². The highest BCUT2D eigenvalue weighted by Gasteiger charge is 2.20.